The SMILES string of the molecule is CCc1csc(-c2ccc(S(=O)(=O)NCc3cc(OC)ccc3OC)s2)n1. The third-order valence-electron chi connectivity index (χ3n) is 3.91. The van der Waals surface area contributed by atoms with Crippen molar-refractivity contribution in [2.24, 2.45) is 0 Å². The highest BCUT2D eigenvalue weighted by atomic mass is 32.2. The highest BCUT2D eigenvalue weighted by Crippen LogP contribution is 2.33. The van der Waals surface area contributed by atoms with Gasteiger partial charge in [0.1, 0.15) is 20.7 Å². The number of aromatic nitrogens is 1. The zero-order valence-electron chi connectivity index (χ0n) is 15.2. The molecule has 0 atom stereocenters. The van der Waals surface area contributed by atoms with E-state index in [1.807, 2.05) is 12.3 Å². The Kier molecular flexibility index (Phi) is 6.15. The van der Waals surface area contributed by atoms with E-state index in [2.05, 4.69) is 9.71 Å². The number of nitrogens with one attached hydrogen (secondary N) is 1. The largest absolute Gasteiger partial charge is 0.497 e. The number of methoxy groups -OCH3 is 2. The molecule has 0 bridgehead atoms. The minimum atomic E-state index is -3.64. The van der Waals surface area contributed by atoms with Crippen LogP contribution in [0, 0.1) is 0 Å². The molecule has 0 aliphatic carbocycles. The number of hydrogen-bond acceptors (Lipinski definition) is 7. The van der Waals surface area contributed by atoms with Gasteiger partial charge in [0.05, 0.1) is 24.8 Å². The molecule has 27 heavy (non-hydrogen) atoms. The van der Waals surface area contributed by atoms with Gasteiger partial charge in [-0.15, -0.1) is 22.7 Å². The van der Waals surface area contributed by atoms with Crippen molar-refractivity contribution >= 4 is 32.7 Å². The lowest BCUT2D eigenvalue weighted by Crippen LogP contribution is -2.22. The molecule has 0 fully saturated rings. The standard InChI is InChI=1S/C18H20N2O4S3/c1-4-13-11-25-18(20-13)16-7-8-17(26-16)27(21,22)19-10-12-9-14(23-2)5-6-15(12)24-3/h5-9,11,19H,4,10H2,1-3H3. The lowest BCUT2D eigenvalue weighted by molar-refractivity contribution is 0.398. The Hall–Kier alpha value is -1.94. The summed E-state index contributed by atoms with van der Waals surface area (Å²) in [6.45, 7) is 2.15. The van der Waals surface area contributed by atoms with Crippen molar-refractivity contribution in [2.45, 2.75) is 24.1 Å². The van der Waals surface area contributed by atoms with Crippen molar-refractivity contribution in [3.63, 3.8) is 0 Å². The lowest BCUT2D eigenvalue weighted by atomic mass is 10.2. The van der Waals surface area contributed by atoms with Gasteiger partial charge in [-0.05, 0) is 36.8 Å². The molecular weight excluding hydrogens is 404 g/mol. The molecule has 3 rings (SSSR count). The quantitative estimate of drug-likeness (QED) is 0.593. The van der Waals surface area contributed by atoms with Crippen molar-refractivity contribution in [1.29, 1.82) is 0 Å². The number of rotatable bonds is 8. The maximum absolute atomic E-state index is 12.7. The van der Waals surface area contributed by atoms with Gasteiger partial charge in [-0.3, -0.25) is 0 Å². The monoisotopic (exact) mass is 424 g/mol. The molecule has 0 aliphatic rings. The topological polar surface area (TPSA) is 77.5 Å². The van der Waals surface area contributed by atoms with Crippen LogP contribution in [0.15, 0.2) is 39.9 Å². The molecule has 1 N–H and O–H groups in total. The second-order valence-electron chi connectivity index (χ2n) is 5.62. The summed E-state index contributed by atoms with van der Waals surface area (Å²) in [6.07, 6.45) is 0.858. The predicted octanol–water partition coefficient (Wildman–Crippen LogP) is 3.93. The fraction of sp³-hybridized carbons (Fsp3) is 0.278. The minimum Gasteiger partial charge on any atom is -0.497 e. The Labute approximate surface area is 166 Å². The molecule has 3 aromatic rings. The van der Waals surface area contributed by atoms with Gasteiger partial charge in [0.2, 0.25) is 10.0 Å². The van der Waals surface area contributed by atoms with Crippen molar-refractivity contribution < 1.29 is 17.9 Å². The van der Waals surface area contributed by atoms with E-state index in [4.69, 9.17) is 9.47 Å². The normalized spacial score (nSPS) is 11.5. The third kappa shape index (κ3) is 4.49. The summed E-state index contributed by atoms with van der Waals surface area (Å²) in [5.74, 6) is 1.24. The van der Waals surface area contributed by atoms with Crippen LogP contribution in [0.1, 0.15) is 18.2 Å². The van der Waals surface area contributed by atoms with Gasteiger partial charge >= 0.3 is 0 Å². The fourth-order valence-corrected chi connectivity index (χ4v) is 5.76. The summed E-state index contributed by atoms with van der Waals surface area (Å²) in [5, 5.41) is 2.84. The molecule has 144 valence electrons. The average molecular weight is 425 g/mol. The van der Waals surface area contributed by atoms with E-state index in [9.17, 15) is 8.42 Å². The van der Waals surface area contributed by atoms with Crippen molar-refractivity contribution in [3.05, 3.63) is 47.0 Å². The van der Waals surface area contributed by atoms with Gasteiger partial charge in [0, 0.05) is 17.5 Å². The molecule has 0 radical (unpaired) electrons. The molecule has 0 spiro atoms. The van der Waals surface area contributed by atoms with Crippen LogP contribution in [0.5, 0.6) is 11.5 Å². The van der Waals surface area contributed by atoms with E-state index < -0.39 is 10.0 Å². The number of hydrogen-bond donors (Lipinski definition) is 1. The van der Waals surface area contributed by atoms with Crippen LogP contribution in [-0.2, 0) is 23.0 Å². The Morgan fingerprint density at radius 2 is 1.96 bits per heavy atom. The maximum atomic E-state index is 12.7. The summed E-state index contributed by atoms with van der Waals surface area (Å²) in [7, 11) is -0.533. The van der Waals surface area contributed by atoms with Crippen molar-refractivity contribution in [1.82, 2.24) is 9.71 Å². The van der Waals surface area contributed by atoms with Gasteiger partial charge in [-0.1, -0.05) is 6.92 Å². The van der Waals surface area contributed by atoms with Crippen molar-refractivity contribution in [2.75, 3.05) is 14.2 Å². The average Bonchev–Trinajstić information content (AvgIpc) is 3.35. The first kappa shape index (κ1) is 19.8. The van der Waals surface area contributed by atoms with Crippen molar-refractivity contribution in [3.8, 4) is 21.4 Å². The van der Waals surface area contributed by atoms with Crippen LogP contribution >= 0.6 is 22.7 Å². The summed E-state index contributed by atoms with van der Waals surface area (Å²) in [4.78, 5) is 5.36. The molecule has 0 aliphatic heterocycles. The molecular formula is C18H20N2O4S3. The number of nitrogens with zero attached hydrogens (tertiary/aromatic N) is 1. The lowest BCUT2D eigenvalue weighted by Gasteiger charge is -2.11. The smallest absolute Gasteiger partial charge is 0.250 e. The maximum Gasteiger partial charge on any atom is 0.250 e. The molecule has 6 nitrogen and oxygen atoms in total. The van der Waals surface area contributed by atoms with E-state index in [-0.39, 0.29) is 10.8 Å². The molecule has 0 saturated heterocycles. The van der Waals surface area contributed by atoms with Crippen LogP contribution in [0.3, 0.4) is 0 Å². The second-order valence-corrected chi connectivity index (χ2v) is 9.55. The van der Waals surface area contributed by atoms with Crippen LogP contribution in [0.25, 0.3) is 9.88 Å². The molecule has 0 amide bonds. The van der Waals surface area contributed by atoms with Gasteiger partial charge in [-0.25, -0.2) is 18.1 Å². The van der Waals surface area contributed by atoms with Gasteiger partial charge < -0.3 is 9.47 Å². The van der Waals surface area contributed by atoms with Crippen LogP contribution in [-0.4, -0.2) is 27.6 Å². The highest BCUT2D eigenvalue weighted by molar-refractivity contribution is 7.91. The first-order chi connectivity index (χ1) is 13.0. The predicted molar refractivity (Wildman–Crippen MR) is 108 cm³/mol. The van der Waals surface area contributed by atoms with Gasteiger partial charge in [0.15, 0.2) is 0 Å². The van der Waals surface area contributed by atoms with Crippen LogP contribution in [0.2, 0.25) is 0 Å². The summed E-state index contributed by atoms with van der Waals surface area (Å²) >= 11 is 2.74. The molecule has 9 heteroatoms. The fourth-order valence-electron chi connectivity index (χ4n) is 2.43. The zero-order valence-corrected chi connectivity index (χ0v) is 17.6. The summed E-state index contributed by atoms with van der Waals surface area (Å²) in [5.41, 5.74) is 1.71. The highest BCUT2D eigenvalue weighted by Gasteiger charge is 2.19. The van der Waals surface area contributed by atoms with Gasteiger partial charge in [-0.2, -0.15) is 0 Å². The molecule has 0 saturated carbocycles. The summed E-state index contributed by atoms with van der Waals surface area (Å²) in [6, 6.07) is 8.67. The van der Waals surface area contributed by atoms with Crippen LogP contribution in [0.4, 0.5) is 0 Å². The van der Waals surface area contributed by atoms with E-state index in [1.165, 1.54) is 22.7 Å². The number of thiazole rings is 1. The van der Waals surface area contributed by atoms with E-state index in [0.717, 1.165) is 22.0 Å². The summed E-state index contributed by atoms with van der Waals surface area (Å²) < 4.78 is 38.7. The zero-order chi connectivity index (χ0) is 19.4. The minimum absolute atomic E-state index is 0.104. The number of sulfonamides is 1. The Morgan fingerprint density at radius 1 is 1.15 bits per heavy atom. The molecule has 2 aromatic heterocycles. The van der Waals surface area contributed by atoms with E-state index in [1.54, 1.807) is 44.6 Å². The Morgan fingerprint density at radius 3 is 2.63 bits per heavy atom. The molecule has 0 unspecified atom stereocenters. The molecule has 2 heterocycles. The van der Waals surface area contributed by atoms with E-state index >= 15 is 0 Å². The number of ether oxygens (including phenoxy) is 2. The number of thiophene rings is 1. The third-order valence-corrected chi connectivity index (χ3v) is 7.95. The second kappa shape index (κ2) is 8.39. The Balaban J connectivity index is 1.78. The van der Waals surface area contributed by atoms with E-state index in [0.29, 0.717) is 17.1 Å². The van der Waals surface area contributed by atoms with Gasteiger partial charge in [0.25, 0.3) is 0 Å². The molecule has 1 aromatic carbocycles. The Bertz CT molecular complexity index is 1020. The van der Waals surface area contributed by atoms with Crippen LogP contribution < -0.4 is 14.2 Å². The number of benzene rings is 1. The number of aryl methyl sites for hydroxylation is 1. The first-order valence-corrected chi connectivity index (χ1v) is 11.4. The first-order valence-electron chi connectivity index (χ1n) is 8.22.